The van der Waals surface area contributed by atoms with Crippen LogP contribution in [0.1, 0.15) is 25.0 Å². The first-order chi connectivity index (χ1) is 16.5. The number of aromatic nitrogens is 3. The molecule has 1 amide bonds. The molecule has 174 valence electrons. The molecule has 1 aliphatic heterocycles. The lowest BCUT2D eigenvalue weighted by Gasteiger charge is -2.36. The summed E-state index contributed by atoms with van der Waals surface area (Å²) >= 11 is 0. The third-order valence-electron chi connectivity index (χ3n) is 5.99. The maximum absolute atomic E-state index is 12.3. The smallest absolute Gasteiger partial charge is 0.225 e. The fourth-order valence-corrected chi connectivity index (χ4v) is 4.20. The standard InChI is InChI=1S/C25H28N8O/c1-17(2)25(34)32-8-6-31(7-9-32)23-5-4-18(14-29-23)22-10-19(20(11-26)13-28-3)16-33-24(22)21(12-27)15-30-33/h4-5,10-11,13-17,26,28H,6-9H2,1-3H3/b20-13+,26-11?. The Hall–Kier alpha value is -4.19. The lowest BCUT2D eigenvalue weighted by Crippen LogP contribution is -2.50. The van der Waals surface area contributed by atoms with Gasteiger partial charge in [-0.2, -0.15) is 10.4 Å². The number of carbonyl (C=O) groups is 1. The molecule has 0 radical (unpaired) electrons. The number of carbonyl (C=O) groups excluding carboxylic acids is 1. The zero-order chi connectivity index (χ0) is 24.2. The molecule has 4 rings (SSSR count). The molecule has 9 heteroatoms. The Kier molecular flexibility index (Phi) is 6.59. The van der Waals surface area contributed by atoms with Crippen molar-refractivity contribution in [1.82, 2.24) is 24.8 Å². The van der Waals surface area contributed by atoms with Gasteiger partial charge in [-0.1, -0.05) is 13.8 Å². The number of piperazine rings is 1. The highest BCUT2D eigenvalue weighted by Gasteiger charge is 2.23. The van der Waals surface area contributed by atoms with Crippen LogP contribution >= 0.6 is 0 Å². The summed E-state index contributed by atoms with van der Waals surface area (Å²) in [6, 6.07) is 8.14. The van der Waals surface area contributed by atoms with E-state index in [1.165, 1.54) is 6.21 Å². The van der Waals surface area contributed by atoms with Crippen LogP contribution < -0.4 is 10.2 Å². The Labute approximate surface area is 198 Å². The van der Waals surface area contributed by atoms with Crippen LogP contribution in [0.25, 0.3) is 22.2 Å². The molecule has 0 aliphatic carbocycles. The average molecular weight is 457 g/mol. The molecule has 1 aliphatic rings. The number of anilines is 1. The zero-order valence-electron chi connectivity index (χ0n) is 19.6. The van der Waals surface area contributed by atoms with E-state index in [4.69, 9.17) is 10.4 Å². The highest BCUT2D eigenvalue weighted by Crippen LogP contribution is 2.30. The van der Waals surface area contributed by atoms with Gasteiger partial charge >= 0.3 is 0 Å². The van der Waals surface area contributed by atoms with Crippen LogP contribution in [0, 0.1) is 22.7 Å². The monoisotopic (exact) mass is 456 g/mol. The summed E-state index contributed by atoms with van der Waals surface area (Å²) in [5, 5.41) is 24.7. The van der Waals surface area contributed by atoms with Gasteiger partial charge in [-0.15, -0.1) is 0 Å². The van der Waals surface area contributed by atoms with Crippen LogP contribution in [-0.2, 0) is 4.79 Å². The van der Waals surface area contributed by atoms with E-state index in [9.17, 15) is 10.1 Å². The third kappa shape index (κ3) is 4.35. The quantitative estimate of drug-likeness (QED) is 0.552. The van der Waals surface area contributed by atoms with E-state index in [1.807, 2.05) is 43.1 Å². The summed E-state index contributed by atoms with van der Waals surface area (Å²) in [6.45, 7) is 6.72. The lowest BCUT2D eigenvalue weighted by atomic mass is 10.0. The predicted octanol–water partition coefficient (Wildman–Crippen LogP) is 2.78. The second-order valence-corrected chi connectivity index (χ2v) is 8.51. The molecule has 2 N–H and O–H groups in total. The Morgan fingerprint density at radius 2 is 2.00 bits per heavy atom. The van der Waals surface area contributed by atoms with Gasteiger partial charge in [-0.3, -0.25) is 4.79 Å². The van der Waals surface area contributed by atoms with Crippen molar-refractivity contribution in [2.75, 3.05) is 38.1 Å². The molecule has 0 atom stereocenters. The summed E-state index contributed by atoms with van der Waals surface area (Å²) in [7, 11) is 1.78. The molecule has 0 spiro atoms. The van der Waals surface area contributed by atoms with Gasteiger partial charge in [-0.05, 0) is 18.2 Å². The number of rotatable bonds is 6. The van der Waals surface area contributed by atoms with Crippen molar-refractivity contribution in [3.8, 4) is 17.2 Å². The molecule has 0 saturated carbocycles. The van der Waals surface area contributed by atoms with Gasteiger partial charge in [0.2, 0.25) is 5.91 Å². The Bertz CT molecular complexity index is 1270. The summed E-state index contributed by atoms with van der Waals surface area (Å²) in [5.41, 5.74) is 4.35. The number of hydrogen-bond donors (Lipinski definition) is 2. The number of nitrogens with one attached hydrogen (secondary N) is 2. The molecule has 0 unspecified atom stereocenters. The van der Waals surface area contributed by atoms with Gasteiger partial charge in [0.1, 0.15) is 11.9 Å². The maximum atomic E-state index is 12.3. The summed E-state index contributed by atoms with van der Waals surface area (Å²) < 4.78 is 1.68. The SMILES string of the molecule is CN/C=C(\C=N)c1cc(-c2ccc(N3CCN(C(=O)C(C)C)CC3)nc2)c2c(C#N)cnn2c1. The number of allylic oxidation sites excluding steroid dienone is 1. The second-order valence-electron chi connectivity index (χ2n) is 8.51. The zero-order valence-corrected chi connectivity index (χ0v) is 19.6. The van der Waals surface area contributed by atoms with Crippen molar-refractivity contribution >= 4 is 29.0 Å². The summed E-state index contributed by atoms with van der Waals surface area (Å²) in [6.07, 6.45) is 8.20. The summed E-state index contributed by atoms with van der Waals surface area (Å²) in [4.78, 5) is 21.1. The Morgan fingerprint density at radius 1 is 1.24 bits per heavy atom. The summed E-state index contributed by atoms with van der Waals surface area (Å²) in [5.74, 6) is 1.06. The minimum atomic E-state index is 0.00882. The van der Waals surface area contributed by atoms with Crippen molar-refractivity contribution < 1.29 is 4.79 Å². The van der Waals surface area contributed by atoms with E-state index in [2.05, 4.69) is 21.4 Å². The first kappa shape index (κ1) is 23.0. The van der Waals surface area contributed by atoms with Gasteiger partial charge in [0.25, 0.3) is 0 Å². The maximum Gasteiger partial charge on any atom is 0.225 e. The molecule has 1 saturated heterocycles. The number of pyridine rings is 2. The Morgan fingerprint density at radius 3 is 2.59 bits per heavy atom. The van der Waals surface area contributed by atoms with Gasteiger partial charge in [0.05, 0.1) is 17.3 Å². The normalized spacial score (nSPS) is 14.4. The minimum absolute atomic E-state index is 0.00882. The lowest BCUT2D eigenvalue weighted by molar-refractivity contribution is -0.134. The first-order valence-electron chi connectivity index (χ1n) is 11.3. The van der Waals surface area contributed by atoms with E-state index in [1.54, 1.807) is 30.2 Å². The number of nitrogens with zero attached hydrogens (tertiary/aromatic N) is 6. The highest BCUT2D eigenvalue weighted by atomic mass is 16.2. The molecule has 3 aromatic heterocycles. The van der Waals surface area contributed by atoms with E-state index in [-0.39, 0.29) is 11.8 Å². The van der Waals surface area contributed by atoms with Crippen LogP contribution in [0.2, 0.25) is 0 Å². The van der Waals surface area contributed by atoms with E-state index >= 15 is 0 Å². The van der Waals surface area contributed by atoms with Crippen LogP contribution in [0.3, 0.4) is 0 Å². The Balaban J connectivity index is 1.65. The van der Waals surface area contributed by atoms with Crippen LogP contribution in [0.15, 0.2) is 43.0 Å². The number of fused-ring (bicyclic) bond motifs is 1. The van der Waals surface area contributed by atoms with E-state index in [0.717, 1.165) is 35.6 Å². The first-order valence-corrected chi connectivity index (χ1v) is 11.3. The van der Waals surface area contributed by atoms with E-state index < -0.39 is 0 Å². The molecule has 34 heavy (non-hydrogen) atoms. The second kappa shape index (κ2) is 9.75. The number of amides is 1. The third-order valence-corrected chi connectivity index (χ3v) is 5.99. The van der Waals surface area contributed by atoms with Gasteiger partial charge in [-0.25, -0.2) is 9.50 Å². The molecule has 4 heterocycles. The van der Waals surface area contributed by atoms with Crippen molar-refractivity contribution in [2.24, 2.45) is 5.92 Å². The van der Waals surface area contributed by atoms with Crippen molar-refractivity contribution in [3.05, 3.63) is 54.1 Å². The van der Waals surface area contributed by atoms with Crippen LogP contribution in [0.5, 0.6) is 0 Å². The molecule has 1 fully saturated rings. The number of nitriles is 1. The molecular formula is C25H28N8O. The van der Waals surface area contributed by atoms with Crippen LogP contribution in [0.4, 0.5) is 5.82 Å². The predicted molar refractivity (Wildman–Crippen MR) is 133 cm³/mol. The van der Waals surface area contributed by atoms with Crippen molar-refractivity contribution in [1.29, 1.82) is 10.7 Å². The molecule has 0 bridgehead atoms. The minimum Gasteiger partial charge on any atom is -0.393 e. The molecule has 0 aromatic carbocycles. The van der Waals surface area contributed by atoms with Crippen molar-refractivity contribution in [2.45, 2.75) is 13.8 Å². The molecule has 3 aromatic rings. The topological polar surface area (TPSA) is 113 Å². The fraction of sp³-hybridized carbons (Fsp3) is 0.320. The molecule has 9 nitrogen and oxygen atoms in total. The van der Waals surface area contributed by atoms with Gasteiger partial charge < -0.3 is 20.5 Å². The fourth-order valence-electron chi connectivity index (χ4n) is 4.20. The largest absolute Gasteiger partial charge is 0.393 e. The van der Waals surface area contributed by atoms with E-state index in [0.29, 0.717) is 29.7 Å². The van der Waals surface area contributed by atoms with Gasteiger partial charge in [0.15, 0.2) is 0 Å². The van der Waals surface area contributed by atoms with Crippen LogP contribution in [-0.4, -0.2) is 64.8 Å². The average Bonchev–Trinajstić information content (AvgIpc) is 3.29. The highest BCUT2D eigenvalue weighted by molar-refractivity contribution is 6.08. The van der Waals surface area contributed by atoms with Gasteiger partial charge in [0, 0.05) is 86.2 Å². The number of hydrogen-bond acceptors (Lipinski definition) is 7. The molecular weight excluding hydrogens is 428 g/mol. The van der Waals surface area contributed by atoms with Crippen molar-refractivity contribution in [3.63, 3.8) is 0 Å².